The Bertz CT molecular complexity index is 1150. The summed E-state index contributed by atoms with van der Waals surface area (Å²) in [5.41, 5.74) is 7.09. The van der Waals surface area contributed by atoms with Crippen LogP contribution in [0.2, 0.25) is 0 Å². The molecule has 3 fully saturated rings. The molecule has 0 saturated carbocycles. The van der Waals surface area contributed by atoms with Gasteiger partial charge in [0.15, 0.2) is 0 Å². The van der Waals surface area contributed by atoms with Crippen LogP contribution in [0.25, 0.3) is 11.8 Å². The molecule has 3 atom stereocenters. The molecule has 2 aromatic rings. The van der Waals surface area contributed by atoms with Gasteiger partial charge in [-0.15, -0.1) is 0 Å². The van der Waals surface area contributed by atoms with Gasteiger partial charge < -0.3 is 19.3 Å². The lowest BCUT2D eigenvalue weighted by Gasteiger charge is -2.31. The molecule has 4 aliphatic heterocycles. The lowest BCUT2D eigenvalue weighted by molar-refractivity contribution is 0.0679. The quantitative estimate of drug-likeness (QED) is 0.495. The van der Waals surface area contributed by atoms with Gasteiger partial charge in [-0.25, -0.2) is 0 Å². The largest absolute Gasteiger partial charge is 0.491 e. The van der Waals surface area contributed by atoms with Crippen LogP contribution in [0, 0.1) is 6.92 Å². The van der Waals surface area contributed by atoms with E-state index in [4.69, 9.17) is 9.47 Å². The fourth-order valence-electron chi connectivity index (χ4n) is 6.45. The summed E-state index contributed by atoms with van der Waals surface area (Å²) in [7, 11) is 0. The van der Waals surface area contributed by atoms with Crippen molar-refractivity contribution in [1.29, 1.82) is 0 Å². The fraction of sp³-hybridized carbons (Fsp3) is 0.484. The summed E-state index contributed by atoms with van der Waals surface area (Å²) in [5, 5.41) is 0. The van der Waals surface area contributed by atoms with E-state index in [2.05, 4.69) is 83.8 Å². The van der Waals surface area contributed by atoms with Gasteiger partial charge in [-0.3, -0.25) is 4.90 Å². The maximum absolute atomic E-state index is 6.02. The Hall–Kier alpha value is -2.76. The number of fused-ring (bicyclic) bond motifs is 1. The molecule has 0 aromatic heterocycles. The minimum absolute atomic E-state index is 0.225. The second-order valence-corrected chi connectivity index (χ2v) is 10.9. The van der Waals surface area contributed by atoms with Crippen LogP contribution in [0.4, 0.5) is 11.4 Å². The normalized spacial score (nSPS) is 26.2. The van der Waals surface area contributed by atoms with Gasteiger partial charge in [-0.05, 0) is 106 Å². The van der Waals surface area contributed by atoms with E-state index in [1.54, 1.807) is 0 Å². The summed E-state index contributed by atoms with van der Waals surface area (Å²) < 4.78 is 11.7. The van der Waals surface area contributed by atoms with Crippen LogP contribution in [0.15, 0.2) is 49.2 Å². The predicted molar refractivity (Wildman–Crippen MR) is 149 cm³/mol. The Morgan fingerprint density at radius 1 is 1.06 bits per heavy atom. The van der Waals surface area contributed by atoms with Crippen molar-refractivity contribution in [1.82, 2.24) is 4.90 Å². The monoisotopic (exact) mass is 485 g/mol. The summed E-state index contributed by atoms with van der Waals surface area (Å²) >= 11 is 0. The predicted octanol–water partition coefficient (Wildman–Crippen LogP) is 6.08. The molecule has 2 aromatic carbocycles. The highest BCUT2D eigenvalue weighted by atomic mass is 16.5. The molecule has 5 nitrogen and oxygen atoms in total. The molecule has 5 heteroatoms. The first-order valence-electron chi connectivity index (χ1n) is 13.7. The zero-order valence-corrected chi connectivity index (χ0v) is 21.8. The SMILES string of the molecule is C=C1c2ccc(OC[C@@H]3CCCO3)cc2C=CN1c1ccc(N2CC[C@H](N3CCC[C@@H]3C)C2)cc1C. The molecule has 0 unspecified atom stereocenters. The van der Waals surface area contributed by atoms with Crippen molar-refractivity contribution >= 4 is 23.1 Å². The molecular formula is C31H39N3O2. The van der Waals surface area contributed by atoms with Gasteiger partial charge in [0.2, 0.25) is 0 Å². The number of benzene rings is 2. The maximum atomic E-state index is 6.02. The number of hydrogen-bond donors (Lipinski definition) is 0. The molecule has 0 bridgehead atoms. The molecule has 0 amide bonds. The van der Waals surface area contributed by atoms with E-state index in [-0.39, 0.29) is 6.10 Å². The molecule has 0 spiro atoms. The molecule has 4 aliphatic rings. The minimum atomic E-state index is 0.225. The van der Waals surface area contributed by atoms with Gasteiger partial charge in [0.25, 0.3) is 0 Å². The van der Waals surface area contributed by atoms with Gasteiger partial charge in [0.05, 0.1) is 6.10 Å². The van der Waals surface area contributed by atoms with E-state index in [0.717, 1.165) is 61.2 Å². The Labute approximate surface area is 216 Å². The van der Waals surface area contributed by atoms with Crippen LogP contribution in [0.3, 0.4) is 0 Å². The maximum Gasteiger partial charge on any atom is 0.120 e. The van der Waals surface area contributed by atoms with Crippen molar-refractivity contribution in [3.8, 4) is 5.75 Å². The Balaban J connectivity index is 1.14. The third kappa shape index (κ3) is 4.55. The first-order valence-corrected chi connectivity index (χ1v) is 13.7. The number of likely N-dealkylation sites (tertiary alicyclic amines) is 1. The average Bonchev–Trinajstić information content (AvgIpc) is 3.65. The van der Waals surface area contributed by atoms with Crippen LogP contribution < -0.4 is 14.5 Å². The van der Waals surface area contributed by atoms with Crippen LogP contribution in [0.1, 0.15) is 55.7 Å². The Morgan fingerprint density at radius 3 is 2.75 bits per heavy atom. The van der Waals surface area contributed by atoms with Gasteiger partial charge in [0, 0.05) is 60.6 Å². The zero-order valence-electron chi connectivity index (χ0n) is 21.8. The molecule has 6 rings (SSSR count). The van der Waals surface area contributed by atoms with E-state index in [1.807, 2.05) is 0 Å². The van der Waals surface area contributed by atoms with Crippen LogP contribution >= 0.6 is 0 Å². The third-order valence-electron chi connectivity index (χ3n) is 8.53. The Kier molecular flexibility index (Phi) is 6.53. The molecule has 3 saturated heterocycles. The molecule has 0 N–H and O–H groups in total. The van der Waals surface area contributed by atoms with Crippen molar-refractivity contribution < 1.29 is 9.47 Å². The molecule has 36 heavy (non-hydrogen) atoms. The van der Waals surface area contributed by atoms with Gasteiger partial charge in [0.1, 0.15) is 12.4 Å². The number of nitrogens with zero attached hydrogens (tertiary/aromatic N) is 3. The summed E-state index contributed by atoms with van der Waals surface area (Å²) in [6, 6.07) is 14.6. The van der Waals surface area contributed by atoms with Crippen LogP contribution in [-0.4, -0.2) is 55.9 Å². The van der Waals surface area contributed by atoms with Crippen molar-refractivity contribution in [3.05, 3.63) is 65.9 Å². The van der Waals surface area contributed by atoms with E-state index in [9.17, 15) is 0 Å². The first-order chi connectivity index (χ1) is 17.6. The van der Waals surface area contributed by atoms with Crippen LogP contribution in [-0.2, 0) is 4.74 Å². The smallest absolute Gasteiger partial charge is 0.120 e. The summed E-state index contributed by atoms with van der Waals surface area (Å²) in [6.45, 7) is 14.1. The molecule has 190 valence electrons. The van der Waals surface area contributed by atoms with E-state index < -0.39 is 0 Å². The topological polar surface area (TPSA) is 28.2 Å². The van der Waals surface area contributed by atoms with Crippen molar-refractivity contribution in [3.63, 3.8) is 0 Å². The fourth-order valence-corrected chi connectivity index (χ4v) is 6.45. The second kappa shape index (κ2) is 9.95. The minimum Gasteiger partial charge on any atom is -0.491 e. The number of ether oxygens (including phenoxy) is 2. The van der Waals surface area contributed by atoms with Gasteiger partial charge >= 0.3 is 0 Å². The number of rotatable bonds is 6. The standard InChI is InChI=1S/C31H39N3O2/c1-22-18-26(32-15-13-27(20-32)33-14-4-6-23(33)2)8-11-31(22)34-16-12-25-19-28(9-10-30(25)24(34)3)36-21-29-7-5-17-35-29/h8-12,16,18-19,23,27,29H,3-7,13-15,17,20-21H2,1-2H3/t23-,27-,29-/m0/s1. The molecule has 4 heterocycles. The number of aryl methyl sites for hydroxylation is 1. The first kappa shape index (κ1) is 23.6. The van der Waals surface area contributed by atoms with Crippen molar-refractivity contribution in [2.75, 3.05) is 42.6 Å². The van der Waals surface area contributed by atoms with Crippen LogP contribution in [0.5, 0.6) is 5.75 Å². The average molecular weight is 486 g/mol. The lowest BCUT2D eigenvalue weighted by Crippen LogP contribution is -2.39. The highest BCUT2D eigenvalue weighted by Crippen LogP contribution is 2.37. The lowest BCUT2D eigenvalue weighted by atomic mass is 9.99. The highest BCUT2D eigenvalue weighted by Gasteiger charge is 2.33. The Morgan fingerprint density at radius 2 is 1.97 bits per heavy atom. The molecule has 0 radical (unpaired) electrons. The zero-order chi connectivity index (χ0) is 24.6. The summed E-state index contributed by atoms with van der Waals surface area (Å²) in [5.74, 6) is 0.892. The molecular weight excluding hydrogens is 446 g/mol. The summed E-state index contributed by atoms with van der Waals surface area (Å²) in [4.78, 5) is 7.52. The molecule has 0 aliphatic carbocycles. The van der Waals surface area contributed by atoms with Crippen molar-refractivity contribution in [2.24, 2.45) is 0 Å². The van der Waals surface area contributed by atoms with Crippen molar-refractivity contribution in [2.45, 2.75) is 64.1 Å². The highest BCUT2D eigenvalue weighted by molar-refractivity contribution is 5.90. The third-order valence-corrected chi connectivity index (χ3v) is 8.53. The van der Waals surface area contributed by atoms with E-state index >= 15 is 0 Å². The number of anilines is 2. The van der Waals surface area contributed by atoms with Gasteiger partial charge in [-0.1, -0.05) is 6.58 Å². The van der Waals surface area contributed by atoms with Gasteiger partial charge in [-0.2, -0.15) is 0 Å². The van der Waals surface area contributed by atoms with E-state index in [0.29, 0.717) is 12.6 Å². The second-order valence-electron chi connectivity index (χ2n) is 10.9. The summed E-state index contributed by atoms with van der Waals surface area (Å²) in [6.07, 6.45) is 10.7. The number of hydrogen-bond acceptors (Lipinski definition) is 5. The van der Waals surface area contributed by atoms with E-state index in [1.165, 1.54) is 42.7 Å².